The zero-order chi connectivity index (χ0) is 11.2. The summed E-state index contributed by atoms with van der Waals surface area (Å²) in [5, 5.41) is 0.744. The monoisotopic (exact) mass is 243 g/mol. The average Bonchev–Trinajstić information content (AvgIpc) is 2.09. The molecule has 0 radical (unpaired) electrons. The third kappa shape index (κ3) is 7.98. The molecule has 1 atom stereocenters. The first-order valence-corrected chi connectivity index (χ1v) is 5.76. The summed E-state index contributed by atoms with van der Waals surface area (Å²) < 4.78 is 32.1. The molecule has 0 aliphatic carbocycles. The molecule has 1 N–H and O–H groups in total. The van der Waals surface area contributed by atoms with E-state index in [0.29, 0.717) is 6.42 Å². The summed E-state index contributed by atoms with van der Waals surface area (Å²) in [4.78, 5) is 10.8. The number of carbonyl (C=O) groups is 1. The zero-order valence-corrected chi connectivity index (χ0v) is 11.8. The number of carbonyl (C=O) groups excluding carboxylic acids is 1. The maximum atomic E-state index is 10.8. The predicted molar refractivity (Wildman–Crippen MR) is 51.3 cm³/mol. The van der Waals surface area contributed by atoms with E-state index in [9.17, 15) is 17.8 Å². The Hall–Kier alpha value is 0.120. The third-order valence-electron chi connectivity index (χ3n) is 1.66. The molecule has 0 aliphatic rings. The van der Waals surface area contributed by atoms with Crippen LogP contribution in [0.4, 0.5) is 0 Å². The standard InChI is InChI=1S/C8H15NO4S.Na/c1-3-5-6-8(14(11,12)13)9-7(10)4-2;/h4,8H,2-3,5-6H2,1H3,(H,9,10)(H,11,12,13);/q;+1/p-1. The second-order valence-electron chi connectivity index (χ2n) is 2.84. The summed E-state index contributed by atoms with van der Waals surface area (Å²) in [6.07, 6.45) is 2.41. The predicted octanol–water partition coefficient (Wildman–Crippen LogP) is -2.65. The molecule has 0 aromatic carbocycles. The van der Waals surface area contributed by atoms with Crippen LogP contribution in [0.5, 0.6) is 0 Å². The van der Waals surface area contributed by atoms with Gasteiger partial charge in [-0.25, -0.2) is 8.42 Å². The average molecular weight is 243 g/mol. The van der Waals surface area contributed by atoms with Crippen molar-refractivity contribution >= 4 is 16.0 Å². The first-order chi connectivity index (χ1) is 6.41. The minimum Gasteiger partial charge on any atom is -0.746 e. The van der Waals surface area contributed by atoms with Crippen molar-refractivity contribution in [1.82, 2.24) is 5.32 Å². The van der Waals surface area contributed by atoms with Crippen molar-refractivity contribution in [3.05, 3.63) is 12.7 Å². The van der Waals surface area contributed by atoms with E-state index in [1.165, 1.54) is 0 Å². The van der Waals surface area contributed by atoms with Crippen molar-refractivity contribution in [1.29, 1.82) is 0 Å². The molecule has 0 saturated heterocycles. The number of unbranched alkanes of at least 4 members (excludes halogenated alkanes) is 1. The van der Waals surface area contributed by atoms with Gasteiger partial charge in [0.15, 0.2) is 0 Å². The van der Waals surface area contributed by atoms with Crippen molar-refractivity contribution < 1.29 is 47.3 Å². The Morgan fingerprint density at radius 1 is 1.60 bits per heavy atom. The third-order valence-corrected chi connectivity index (χ3v) is 2.71. The van der Waals surface area contributed by atoms with Crippen molar-refractivity contribution in [2.75, 3.05) is 0 Å². The van der Waals surface area contributed by atoms with Gasteiger partial charge in [0.2, 0.25) is 5.91 Å². The molecule has 0 aliphatic heterocycles. The van der Waals surface area contributed by atoms with Crippen LogP contribution in [-0.2, 0) is 14.9 Å². The second-order valence-corrected chi connectivity index (χ2v) is 4.39. The van der Waals surface area contributed by atoms with Gasteiger partial charge in [-0.15, -0.1) is 0 Å². The molecule has 1 amide bonds. The SMILES string of the molecule is C=CC(=O)NC(CCCC)S(=O)(=O)[O-].[Na+]. The Balaban J connectivity index is 0. The van der Waals surface area contributed by atoms with Gasteiger partial charge in [0, 0.05) is 0 Å². The van der Waals surface area contributed by atoms with E-state index < -0.39 is 21.4 Å². The number of amides is 1. The van der Waals surface area contributed by atoms with Crippen LogP contribution in [0.2, 0.25) is 0 Å². The van der Waals surface area contributed by atoms with Crippen LogP contribution in [-0.4, -0.2) is 24.3 Å². The normalized spacial score (nSPS) is 12.4. The molecule has 0 bridgehead atoms. The summed E-state index contributed by atoms with van der Waals surface area (Å²) in [5.41, 5.74) is 0. The maximum Gasteiger partial charge on any atom is 1.00 e. The van der Waals surface area contributed by atoms with Gasteiger partial charge in [-0.1, -0.05) is 26.3 Å². The van der Waals surface area contributed by atoms with Gasteiger partial charge in [0.05, 0.1) is 0 Å². The van der Waals surface area contributed by atoms with E-state index in [4.69, 9.17) is 0 Å². The smallest absolute Gasteiger partial charge is 0.746 e. The summed E-state index contributed by atoms with van der Waals surface area (Å²) in [6, 6.07) is 0. The minimum atomic E-state index is -4.47. The van der Waals surface area contributed by atoms with E-state index in [1.54, 1.807) is 0 Å². The Morgan fingerprint density at radius 2 is 2.13 bits per heavy atom. The fourth-order valence-electron chi connectivity index (χ4n) is 0.896. The van der Waals surface area contributed by atoms with Crippen molar-refractivity contribution in [2.24, 2.45) is 0 Å². The van der Waals surface area contributed by atoms with E-state index >= 15 is 0 Å². The summed E-state index contributed by atoms with van der Waals surface area (Å²) >= 11 is 0. The largest absolute Gasteiger partial charge is 1.00 e. The Bertz CT molecular complexity index is 302. The Morgan fingerprint density at radius 3 is 2.47 bits per heavy atom. The number of nitrogens with one attached hydrogen (secondary N) is 1. The molecular formula is C8H14NNaO4S. The molecule has 1 unspecified atom stereocenters. The number of hydrogen-bond acceptors (Lipinski definition) is 4. The Kier molecular flexibility index (Phi) is 9.68. The van der Waals surface area contributed by atoms with E-state index in [1.807, 2.05) is 6.92 Å². The van der Waals surface area contributed by atoms with E-state index in [0.717, 1.165) is 12.5 Å². The van der Waals surface area contributed by atoms with Gasteiger partial charge in [0.1, 0.15) is 15.5 Å². The molecule has 0 saturated carbocycles. The van der Waals surface area contributed by atoms with Crippen LogP contribution in [0.25, 0.3) is 0 Å². The quantitative estimate of drug-likeness (QED) is 0.314. The van der Waals surface area contributed by atoms with Gasteiger partial charge in [-0.3, -0.25) is 4.79 Å². The minimum absolute atomic E-state index is 0. The molecule has 82 valence electrons. The zero-order valence-electron chi connectivity index (χ0n) is 9.02. The van der Waals surface area contributed by atoms with Crippen molar-refractivity contribution in [3.63, 3.8) is 0 Å². The molecule has 0 spiro atoms. The van der Waals surface area contributed by atoms with Crippen LogP contribution < -0.4 is 34.9 Å². The number of rotatable bonds is 6. The molecule has 7 heteroatoms. The van der Waals surface area contributed by atoms with Crippen LogP contribution in [0.15, 0.2) is 12.7 Å². The molecule has 0 heterocycles. The fraction of sp³-hybridized carbons (Fsp3) is 0.625. The summed E-state index contributed by atoms with van der Waals surface area (Å²) in [6.45, 7) is 5.03. The van der Waals surface area contributed by atoms with Gasteiger partial charge < -0.3 is 9.87 Å². The molecule has 15 heavy (non-hydrogen) atoms. The Labute approximate surface area is 112 Å². The van der Waals surface area contributed by atoms with Gasteiger partial charge in [0.25, 0.3) is 0 Å². The maximum absolute atomic E-state index is 10.8. The summed E-state index contributed by atoms with van der Waals surface area (Å²) in [7, 11) is -4.47. The number of hydrogen-bond donors (Lipinski definition) is 1. The van der Waals surface area contributed by atoms with Gasteiger partial charge in [-0.05, 0) is 12.5 Å². The van der Waals surface area contributed by atoms with Crippen molar-refractivity contribution in [3.8, 4) is 0 Å². The van der Waals surface area contributed by atoms with E-state index in [-0.39, 0.29) is 36.0 Å². The van der Waals surface area contributed by atoms with Crippen LogP contribution in [0.1, 0.15) is 26.2 Å². The molecule has 0 fully saturated rings. The van der Waals surface area contributed by atoms with Crippen LogP contribution in [0.3, 0.4) is 0 Å². The molecule has 5 nitrogen and oxygen atoms in total. The molecular weight excluding hydrogens is 229 g/mol. The molecule has 0 rings (SSSR count). The van der Waals surface area contributed by atoms with Crippen LogP contribution in [0, 0.1) is 0 Å². The fourth-order valence-corrected chi connectivity index (χ4v) is 1.61. The second kappa shape index (κ2) is 8.29. The topological polar surface area (TPSA) is 86.3 Å². The van der Waals surface area contributed by atoms with E-state index in [2.05, 4.69) is 11.9 Å². The first-order valence-electron chi connectivity index (χ1n) is 4.29. The summed E-state index contributed by atoms with van der Waals surface area (Å²) in [5.74, 6) is -0.648. The van der Waals surface area contributed by atoms with Gasteiger partial charge >= 0.3 is 29.6 Å². The van der Waals surface area contributed by atoms with Crippen molar-refractivity contribution in [2.45, 2.75) is 31.6 Å². The first kappa shape index (κ1) is 17.5. The van der Waals surface area contributed by atoms with Crippen LogP contribution >= 0.6 is 0 Å². The molecule has 0 aromatic rings. The molecule has 0 aromatic heterocycles. The van der Waals surface area contributed by atoms with Gasteiger partial charge in [-0.2, -0.15) is 0 Å².